The minimum Gasteiger partial charge on any atom is -0.490 e. The molecule has 1 aliphatic heterocycles. The maximum Gasteiger partial charge on any atom is 0.270 e. The first kappa shape index (κ1) is 22.4. The van der Waals surface area contributed by atoms with Crippen molar-refractivity contribution in [2.45, 2.75) is 34.6 Å². The minimum atomic E-state index is -0.102. The van der Waals surface area contributed by atoms with E-state index >= 15 is 0 Å². The van der Waals surface area contributed by atoms with Crippen molar-refractivity contribution in [3.05, 3.63) is 58.0 Å². The van der Waals surface area contributed by atoms with Crippen LogP contribution < -0.4 is 14.4 Å². The van der Waals surface area contributed by atoms with Crippen LogP contribution in [0.4, 0.5) is 5.69 Å². The summed E-state index contributed by atoms with van der Waals surface area (Å²) < 4.78 is 12.2. The second kappa shape index (κ2) is 9.67. The zero-order chi connectivity index (χ0) is 21.8. The molecule has 0 spiro atoms. The fourth-order valence-electron chi connectivity index (χ4n) is 3.14. The number of thioether (sulfide) groups is 1. The molecule has 0 saturated carbocycles. The predicted octanol–water partition coefficient (Wildman–Crippen LogP) is 6.14. The highest BCUT2D eigenvalue weighted by molar-refractivity contribution is 8.27. The number of benzene rings is 2. The van der Waals surface area contributed by atoms with Crippen molar-refractivity contribution in [2.24, 2.45) is 5.92 Å². The van der Waals surface area contributed by atoms with Crippen LogP contribution in [0.5, 0.6) is 11.5 Å². The number of carbonyl (C=O) groups excluding carboxylic acids is 1. The van der Waals surface area contributed by atoms with Gasteiger partial charge in [-0.05, 0) is 62.1 Å². The van der Waals surface area contributed by atoms with Gasteiger partial charge in [0.2, 0.25) is 0 Å². The van der Waals surface area contributed by atoms with Crippen molar-refractivity contribution in [1.29, 1.82) is 0 Å². The summed E-state index contributed by atoms with van der Waals surface area (Å²) in [5.74, 6) is 1.71. The van der Waals surface area contributed by atoms with E-state index < -0.39 is 0 Å². The van der Waals surface area contributed by atoms with E-state index in [1.807, 2.05) is 57.2 Å². The molecule has 0 N–H and O–H groups in total. The van der Waals surface area contributed by atoms with Gasteiger partial charge in [0, 0.05) is 0 Å². The third-order valence-electron chi connectivity index (χ3n) is 4.52. The normalized spacial score (nSPS) is 15.4. The topological polar surface area (TPSA) is 38.8 Å². The van der Waals surface area contributed by atoms with Crippen LogP contribution in [0.3, 0.4) is 0 Å². The molecular formula is C24H27NO3S2. The number of rotatable bonds is 7. The zero-order valence-electron chi connectivity index (χ0n) is 18.0. The van der Waals surface area contributed by atoms with Crippen LogP contribution in [0.15, 0.2) is 41.3 Å². The highest BCUT2D eigenvalue weighted by Gasteiger charge is 2.34. The molecule has 2 aromatic rings. The number of carbonyl (C=O) groups is 1. The quantitative estimate of drug-likeness (QED) is 0.381. The molecule has 4 nitrogen and oxygen atoms in total. The van der Waals surface area contributed by atoms with Crippen LogP contribution in [-0.4, -0.2) is 23.4 Å². The summed E-state index contributed by atoms with van der Waals surface area (Å²) in [6, 6.07) is 11.7. The van der Waals surface area contributed by atoms with Crippen molar-refractivity contribution >= 4 is 46.0 Å². The lowest BCUT2D eigenvalue weighted by molar-refractivity contribution is -0.113. The molecule has 1 aliphatic rings. The molecule has 0 aliphatic carbocycles. The van der Waals surface area contributed by atoms with E-state index in [0.29, 0.717) is 39.9 Å². The van der Waals surface area contributed by atoms with Crippen molar-refractivity contribution in [1.82, 2.24) is 0 Å². The third-order valence-corrected chi connectivity index (χ3v) is 5.83. The van der Waals surface area contributed by atoms with E-state index in [1.54, 1.807) is 4.90 Å². The first-order valence-electron chi connectivity index (χ1n) is 10.0. The standard InChI is InChI=1S/C24H27NO3S2/c1-6-27-21-12-18(8-10-20(21)28-14-15(2)3)13-22-23(26)25(24(29)30-22)19-9-7-16(4)11-17(19)5/h7-13,15H,6,14H2,1-5H3/b22-13+. The van der Waals surface area contributed by atoms with E-state index in [9.17, 15) is 4.79 Å². The minimum absolute atomic E-state index is 0.102. The lowest BCUT2D eigenvalue weighted by Gasteiger charge is -2.17. The first-order chi connectivity index (χ1) is 14.3. The van der Waals surface area contributed by atoms with Gasteiger partial charge in [0.05, 0.1) is 23.8 Å². The van der Waals surface area contributed by atoms with Crippen molar-refractivity contribution < 1.29 is 14.3 Å². The average molecular weight is 442 g/mol. The SMILES string of the molecule is CCOc1cc(/C=C2/SC(=S)N(c3ccc(C)cc3C)C2=O)ccc1OCC(C)C. The molecule has 3 rings (SSSR count). The second-order valence-electron chi connectivity index (χ2n) is 7.65. The largest absolute Gasteiger partial charge is 0.490 e. The molecule has 1 heterocycles. The lowest BCUT2D eigenvalue weighted by atomic mass is 10.1. The van der Waals surface area contributed by atoms with E-state index in [1.165, 1.54) is 11.8 Å². The maximum absolute atomic E-state index is 13.1. The summed E-state index contributed by atoms with van der Waals surface area (Å²) in [6.07, 6.45) is 1.86. The Morgan fingerprint density at radius 3 is 2.53 bits per heavy atom. The molecule has 1 fully saturated rings. The van der Waals surface area contributed by atoms with E-state index in [-0.39, 0.29) is 5.91 Å². The molecule has 1 amide bonds. The van der Waals surface area contributed by atoms with Gasteiger partial charge in [-0.3, -0.25) is 9.69 Å². The number of aryl methyl sites for hydroxylation is 2. The lowest BCUT2D eigenvalue weighted by Crippen LogP contribution is -2.28. The van der Waals surface area contributed by atoms with E-state index in [2.05, 4.69) is 19.9 Å². The third kappa shape index (κ3) is 5.05. The summed E-state index contributed by atoms with van der Waals surface area (Å²) in [5.41, 5.74) is 3.88. The van der Waals surface area contributed by atoms with Crippen LogP contribution in [0.1, 0.15) is 37.5 Å². The van der Waals surface area contributed by atoms with Gasteiger partial charge in [0.15, 0.2) is 15.8 Å². The summed E-state index contributed by atoms with van der Waals surface area (Å²) in [5, 5.41) is 0. The fourth-order valence-corrected chi connectivity index (χ4v) is 4.43. The zero-order valence-corrected chi connectivity index (χ0v) is 19.7. The molecular weight excluding hydrogens is 414 g/mol. The number of nitrogens with zero attached hydrogens (tertiary/aromatic N) is 1. The molecule has 158 valence electrons. The number of anilines is 1. The van der Waals surface area contributed by atoms with Crippen molar-refractivity contribution in [2.75, 3.05) is 18.1 Å². The fraction of sp³-hybridized carbons (Fsp3) is 0.333. The van der Waals surface area contributed by atoms with Gasteiger partial charge in [0.1, 0.15) is 0 Å². The van der Waals surface area contributed by atoms with Crippen LogP contribution in [-0.2, 0) is 4.79 Å². The summed E-state index contributed by atoms with van der Waals surface area (Å²) in [7, 11) is 0. The van der Waals surface area contributed by atoms with Gasteiger partial charge in [-0.25, -0.2) is 0 Å². The molecule has 30 heavy (non-hydrogen) atoms. The Morgan fingerprint density at radius 2 is 1.87 bits per heavy atom. The van der Waals surface area contributed by atoms with Crippen LogP contribution >= 0.6 is 24.0 Å². The van der Waals surface area contributed by atoms with Crippen LogP contribution in [0, 0.1) is 19.8 Å². The number of thiocarbonyl (C=S) groups is 1. The summed E-state index contributed by atoms with van der Waals surface area (Å²) in [4.78, 5) is 15.3. The van der Waals surface area contributed by atoms with Gasteiger partial charge in [0.25, 0.3) is 5.91 Å². The molecule has 0 aromatic heterocycles. The molecule has 0 atom stereocenters. The second-order valence-corrected chi connectivity index (χ2v) is 9.33. The van der Waals surface area contributed by atoms with Crippen LogP contribution in [0.25, 0.3) is 6.08 Å². The van der Waals surface area contributed by atoms with Crippen LogP contribution in [0.2, 0.25) is 0 Å². The smallest absolute Gasteiger partial charge is 0.270 e. The molecule has 1 saturated heterocycles. The number of hydrogen-bond acceptors (Lipinski definition) is 5. The summed E-state index contributed by atoms with van der Waals surface area (Å²) in [6.45, 7) is 11.3. The molecule has 0 radical (unpaired) electrons. The van der Waals surface area contributed by atoms with Gasteiger partial charge < -0.3 is 9.47 Å². The van der Waals surface area contributed by atoms with Gasteiger partial charge >= 0.3 is 0 Å². The molecule has 6 heteroatoms. The molecule has 0 unspecified atom stereocenters. The molecule has 2 aromatic carbocycles. The number of amides is 1. The Bertz CT molecular complexity index is 998. The maximum atomic E-state index is 13.1. The van der Waals surface area contributed by atoms with Gasteiger partial charge in [-0.2, -0.15) is 0 Å². The summed E-state index contributed by atoms with van der Waals surface area (Å²) >= 11 is 6.83. The van der Waals surface area contributed by atoms with Crippen molar-refractivity contribution in [3.8, 4) is 11.5 Å². The van der Waals surface area contributed by atoms with E-state index in [0.717, 1.165) is 22.4 Å². The monoisotopic (exact) mass is 441 g/mol. The Labute approximate surface area is 188 Å². The number of hydrogen-bond donors (Lipinski definition) is 0. The number of ether oxygens (including phenoxy) is 2. The predicted molar refractivity (Wildman–Crippen MR) is 130 cm³/mol. The highest BCUT2D eigenvalue weighted by atomic mass is 32.2. The Kier molecular flexibility index (Phi) is 7.21. The highest BCUT2D eigenvalue weighted by Crippen LogP contribution is 2.38. The first-order valence-corrected chi connectivity index (χ1v) is 11.3. The van der Waals surface area contributed by atoms with Gasteiger partial charge in [-0.1, -0.05) is 61.6 Å². The average Bonchev–Trinajstić information content (AvgIpc) is 2.95. The Balaban J connectivity index is 1.88. The van der Waals surface area contributed by atoms with E-state index in [4.69, 9.17) is 21.7 Å². The Hall–Kier alpha value is -2.31. The van der Waals surface area contributed by atoms with Gasteiger partial charge in [-0.15, -0.1) is 0 Å². The molecule has 0 bridgehead atoms. The van der Waals surface area contributed by atoms with Crippen molar-refractivity contribution in [3.63, 3.8) is 0 Å². The Morgan fingerprint density at radius 1 is 1.10 bits per heavy atom.